The molecule has 27 heavy (non-hydrogen) atoms. The van der Waals surface area contributed by atoms with Crippen molar-refractivity contribution in [1.29, 1.82) is 0 Å². The van der Waals surface area contributed by atoms with Gasteiger partial charge in [-0.3, -0.25) is 4.79 Å². The Hall–Kier alpha value is -0.610. The molecule has 1 N–H and O–H groups in total. The molecule has 2 aliphatic carbocycles. The van der Waals surface area contributed by atoms with E-state index in [1.807, 2.05) is 0 Å². The zero-order chi connectivity index (χ0) is 19.6. The third kappa shape index (κ3) is 5.06. The van der Waals surface area contributed by atoms with Crippen molar-refractivity contribution in [3.8, 4) is 0 Å². The molecule has 0 aromatic rings. The van der Waals surface area contributed by atoms with Gasteiger partial charge in [-0.05, 0) is 80.5 Å². The minimum Gasteiger partial charge on any atom is -0.465 e. The van der Waals surface area contributed by atoms with E-state index in [9.17, 15) is 9.90 Å². The Morgan fingerprint density at radius 3 is 2.48 bits per heavy atom. The number of ether oxygens (including phenoxy) is 2. The van der Waals surface area contributed by atoms with Gasteiger partial charge in [0.05, 0.1) is 31.3 Å². The van der Waals surface area contributed by atoms with Crippen LogP contribution in [0.4, 0.5) is 0 Å². The number of hydrogen-bond donors (Lipinski definition) is 1. The Labute approximate surface area is 165 Å². The molecule has 0 bridgehead atoms. The van der Waals surface area contributed by atoms with Crippen LogP contribution >= 0.6 is 0 Å². The summed E-state index contributed by atoms with van der Waals surface area (Å²) < 4.78 is 11.3. The highest BCUT2D eigenvalue weighted by atomic mass is 16.5. The minimum absolute atomic E-state index is 0.0267. The van der Waals surface area contributed by atoms with Crippen molar-refractivity contribution in [2.45, 2.75) is 84.8 Å². The van der Waals surface area contributed by atoms with E-state index in [1.54, 1.807) is 0 Å². The first-order chi connectivity index (χ1) is 12.9. The predicted molar refractivity (Wildman–Crippen MR) is 106 cm³/mol. The number of cyclic esters (lactones) is 1. The van der Waals surface area contributed by atoms with E-state index in [0.717, 1.165) is 25.7 Å². The monoisotopic (exact) mass is 380 g/mol. The van der Waals surface area contributed by atoms with Gasteiger partial charge in [-0.15, -0.1) is 0 Å². The summed E-state index contributed by atoms with van der Waals surface area (Å²) >= 11 is 0. The van der Waals surface area contributed by atoms with Crippen molar-refractivity contribution in [2.24, 2.45) is 41.4 Å². The molecule has 2 saturated carbocycles. The molecule has 0 amide bonds. The van der Waals surface area contributed by atoms with Crippen LogP contribution in [-0.2, 0) is 14.3 Å². The Morgan fingerprint density at radius 1 is 1.07 bits per heavy atom. The molecule has 0 aromatic heterocycles. The van der Waals surface area contributed by atoms with Crippen LogP contribution in [0.3, 0.4) is 0 Å². The lowest BCUT2D eigenvalue weighted by atomic mass is 9.82. The highest BCUT2D eigenvalue weighted by molar-refractivity contribution is 5.74. The quantitative estimate of drug-likeness (QED) is 0.633. The number of aliphatic hydroxyl groups is 1. The fourth-order valence-corrected chi connectivity index (χ4v) is 5.83. The largest absolute Gasteiger partial charge is 0.465 e. The SMILES string of the molecule is CC(C)C1CCC(CC(C)C2CCC(OCC(C)C3CCOC3=O)C2)C1O. The van der Waals surface area contributed by atoms with Crippen LogP contribution in [0.1, 0.15) is 72.6 Å². The number of aliphatic hydroxyl groups excluding tert-OH is 1. The summed E-state index contributed by atoms with van der Waals surface area (Å²) in [5.74, 6) is 3.17. The van der Waals surface area contributed by atoms with E-state index >= 15 is 0 Å². The molecule has 3 aliphatic rings. The molecule has 0 radical (unpaired) electrons. The van der Waals surface area contributed by atoms with Gasteiger partial charge in [0, 0.05) is 0 Å². The predicted octanol–water partition coefficient (Wildman–Crippen LogP) is 4.44. The molecule has 3 fully saturated rings. The van der Waals surface area contributed by atoms with Crippen molar-refractivity contribution in [3.05, 3.63) is 0 Å². The number of esters is 1. The van der Waals surface area contributed by atoms with Crippen LogP contribution in [0.5, 0.6) is 0 Å². The summed E-state index contributed by atoms with van der Waals surface area (Å²) in [6.45, 7) is 10.2. The van der Waals surface area contributed by atoms with E-state index in [2.05, 4.69) is 27.7 Å². The molecule has 1 aliphatic heterocycles. The van der Waals surface area contributed by atoms with Crippen molar-refractivity contribution < 1.29 is 19.4 Å². The summed E-state index contributed by atoms with van der Waals surface area (Å²) in [5.41, 5.74) is 0. The average molecular weight is 381 g/mol. The second-order valence-electron chi connectivity index (χ2n) is 10.0. The summed E-state index contributed by atoms with van der Waals surface area (Å²) in [7, 11) is 0. The fraction of sp³-hybridized carbons (Fsp3) is 0.957. The second-order valence-corrected chi connectivity index (χ2v) is 10.0. The zero-order valence-electron chi connectivity index (χ0n) is 17.7. The van der Waals surface area contributed by atoms with E-state index in [1.165, 1.54) is 19.3 Å². The standard InChI is InChI=1S/C23H40O4/c1-14(2)20-8-6-18(22(20)24)11-15(3)17-5-7-19(12-17)27-13-16(4)21-9-10-26-23(21)25/h14-22,24H,5-13H2,1-4H3. The number of rotatable bonds is 8. The molecular weight excluding hydrogens is 340 g/mol. The van der Waals surface area contributed by atoms with Crippen LogP contribution in [0.2, 0.25) is 0 Å². The molecule has 156 valence electrons. The molecule has 0 spiro atoms. The van der Waals surface area contributed by atoms with Crippen molar-refractivity contribution in [1.82, 2.24) is 0 Å². The van der Waals surface area contributed by atoms with E-state index in [-0.39, 0.29) is 23.9 Å². The van der Waals surface area contributed by atoms with E-state index in [0.29, 0.717) is 48.9 Å². The third-order valence-corrected chi connectivity index (χ3v) is 7.81. The van der Waals surface area contributed by atoms with Crippen LogP contribution in [-0.4, -0.2) is 36.5 Å². The maximum absolute atomic E-state index is 11.7. The van der Waals surface area contributed by atoms with Gasteiger partial charge in [-0.2, -0.15) is 0 Å². The summed E-state index contributed by atoms with van der Waals surface area (Å²) in [4.78, 5) is 11.7. The summed E-state index contributed by atoms with van der Waals surface area (Å²) in [6, 6.07) is 0. The first kappa shape index (κ1) is 21.1. The van der Waals surface area contributed by atoms with Gasteiger partial charge in [-0.25, -0.2) is 0 Å². The van der Waals surface area contributed by atoms with Crippen LogP contribution in [0.25, 0.3) is 0 Å². The molecule has 8 unspecified atom stereocenters. The van der Waals surface area contributed by atoms with Crippen molar-refractivity contribution in [2.75, 3.05) is 13.2 Å². The minimum atomic E-state index is -0.104. The molecule has 1 heterocycles. The Bertz CT molecular complexity index is 491. The van der Waals surface area contributed by atoms with Gasteiger partial charge in [-0.1, -0.05) is 27.7 Å². The first-order valence-corrected chi connectivity index (χ1v) is 11.3. The molecule has 8 atom stereocenters. The smallest absolute Gasteiger partial charge is 0.309 e. The topological polar surface area (TPSA) is 55.8 Å². The van der Waals surface area contributed by atoms with Gasteiger partial charge >= 0.3 is 5.97 Å². The van der Waals surface area contributed by atoms with Gasteiger partial charge in [0.25, 0.3) is 0 Å². The number of hydrogen-bond acceptors (Lipinski definition) is 4. The van der Waals surface area contributed by atoms with Crippen LogP contribution in [0, 0.1) is 41.4 Å². The molecular formula is C23H40O4. The summed E-state index contributed by atoms with van der Waals surface area (Å²) in [6.07, 6.45) is 8.13. The van der Waals surface area contributed by atoms with Crippen LogP contribution < -0.4 is 0 Å². The fourth-order valence-electron chi connectivity index (χ4n) is 5.83. The molecule has 4 heteroatoms. The third-order valence-electron chi connectivity index (χ3n) is 7.81. The summed E-state index contributed by atoms with van der Waals surface area (Å²) in [5, 5.41) is 10.7. The van der Waals surface area contributed by atoms with Crippen LogP contribution in [0.15, 0.2) is 0 Å². The maximum Gasteiger partial charge on any atom is 0.309 e. The first-order valence-electron chi connectivity index (χ1n) is 11.3. The number of carbonyl (C=O) groups is 1. The average Bonchev–Trinajstić information content (AvgIpc) is 3.34. The Balaban J connectivity index is 1.39. The van der Waals surface area contributed by atoms with Gasteiger partial charge < -0.3 is 14.6 Å². The highest BCUT2D eigenvalue weighted by Gasteiger charge is 2.39. The molecule has 3 rings (SSSR count). The van der Waals surface area contributed by atoms with E-state index in [4.69, 9.17) is 9.47 Å². The van der Waals surface area contributed by atoms with Crippen molar-refractivity contribution in [3.63, 3.8) is 0 Å². The molecule has 1 saturated heterocycles. The van der Waals surface area contributed by atoms with Gasteiger partial charge in [0.2, 0.25) is 0 Å². The Kier molecular flexibility index (Phi) is 7.24. The second kappa shape index (κ2) is 9.26. The lowest BCUT2D eigenvalue weighted by Gasteiger charge is -2.27. The normalized spacial score (nSPS) is 39.1. The Morgan fingerprint density at radius 2 is 1.85 bits per heavy atom. The zero-order valence-corrected chi connectivity index (χ0v) is 17.7. The lowest BCUT2D eigenvalue weighted by molar-refractivity contribution is -0.143. The number of carbonyl (C=O) groups excluding carboxylic acids is 1. The lowest BCUT2D eigenvalue weighted by Crippen LogP contribution is -2.27. The van der Waals surface area contributed by atoms with Gasteiger partial charge in [0.1, 0.15) is 0 Å². The van der Waals surface area contributed by atoms with Gasteiger partial charge in [0.15, 0.2) is 0 Å². The molecule has 0 aromatic carbocycles. The molecule has 4 nitrogen and oxygen atoms in total. The highest BCUT2D eigenvalue weighted by Crippen LogP contribution is 2.43. The van der Waals surface area contributed by atoms with E-state index < -0.39 is 0 Å². The maximum atomic E-state index is 11.7. The van der Waals surface area contributed by atoms with Crippen molar-refractivity contribution >= 4 is 5.97 Å².